The van der Waals surface area contributed by atoms with Crippen LogP contribution in [-0.2, 0) is 14.8 Å². The number of piperazine rings is 1. The summed E-state index contributed by atoms with van der Waals surface area (Å²) in [4.78, 5) is 29.4. The number of hydrogen-bond donors (Lipinski definition) is 0. The second-order valence-electron chi connectivity index (χ2n) is 8.44. The van der Waals surface area contributed by atoms with Crippen LogP contribution >= 0.6 is 11.6 Å². The number of carbonyl (C=O) groups is 2. The standard InChI is InChI=1S/C23H26ClN3O4S/c1-15-5-4-6-21(17(15)3)25-9-11-26(12-10-25)23(29)19-8-7-18(13-20(19)24)27-22(28)16(2)14-32(27,30)31/h4-8,13,16H,9-12,14H2,1-3H3. The largest absolute Gasteiger partial charge is 0.368 e. The molecule has 0 spiro atoms. The molecule has 2 aliphatic heterocycles. The van der Waals surface area contributed by atoms with Crippen molar-refractivity contribution in [1.29, 1.82) is 0 Å². The summed E-state index contributed by atoms with van der Waals surface area (Å²) in [5, 5.41) is 0.131. The molecule has 170 valence electrons. The molecule has 1 atom stereocenters. The summed E-state index contributed by atoms with van der Waals surface area (Å²) in [6, 6.07) is 10.6. The maximum Gasteiger partial charge on any atom is 0.255 e. The molecule has 0 radical (unpaired) electrons. The summed E-state index contributed by atoms with van der Waals surface area (Å²) in [5.41, 5.74) is 4.13. The summed E-state index contributed by atoms with van der Waals surface area (Å²) in [6.45, 7) is 8.31. The third-order valence-corrected chi connectivity index (χ3v) is 8.44. The highest BCUT2D eigenvalue weighted by atomic mass is 35.5. The van der Waals surface area contributed by atoms with Gasteiger partial charge >= 0.3 is 0 Å². The van der Waals surface area contributed by atoms with Gasteiger partial charge in [0.1, 0.15) is 0 Å². The lowest BCUT2D eigenvalue weighted by Gasteiger charge is -2.37. The van der Waals surface area contributed by atoms with Crippen LogP contribution in [0.25, 0.3) is 0 Å². The Morgan fingerprint density at radius 3 is 2.34 bits per heavy atom. The van der Waals surface area contributed by atoms with E-state index in [0.717, 1.165) is 4.31 Å². The van der Waals surface area contributed by atoms with Crippen molar-refractivity contribution in [3.8, 4) is 0 Å². The van der Waals surface area contributed by atoms with Crippen molar-refractivity contribution in [3.05, 3.63) is 58.1 Å². The Morgan fingerprint density at radius 2 is 1.75 bits per heavy atom. The molecule has 4 rings (SSSR count). The number of amides is 2. The molecular formula is C23H26ClN3O4S. The van der Waals surface area contributed by atoms with Gasteiger partial charge in [-0.2, -0.15) is 0 Å². The first-order valence-corrected chi connectivity index (χ1v) is 12.6. The van der Waals surface area contributed by atoms with Gasteiger partial charge in [0.05, 0.1) is 27.9 Å². The summed E-state index contributed by atoms with van der Waals surface area (Å²) in [5.74, 6) is -1.52. The van der Waals surface area contributed by atoms with E-state index in [2.05, 4.69) is 30.9 Å². The lowest BCUT2D eigenvalue weighted by atomic mass is 10.1. The Labute approximate surface area is 193 Å². The zero-order valence-corrected chi connectivity index (χ0v) is 19.9. The van der Waals surface area contributed by atoms with Gasteiger partial charge in [-0.3, -0.25) is 9.59 Å². The Morgan fingerprint density at radius 1 is 1.06 bits per heavy atom. The maximum atomic E-state index is 13.1. The van der Waals surface area contributed by atoms with E-state index in [-0.39, 0.29) is 22.4 Å². The van der Waals surface area contributed by atoms with Gasteiger partial charge in [-0.1, -0.05) is 30.7 Å². The van der Waals surface area contributed by atoms with Gasteiger partial charge in [-0.05, 0) is 49.2 Å². The van der Waals surface area contributed by atoms with Crippen LogP contribution in [0.2, 0.25) is 5.02 Å². The highest BCUT2D eigenvalue weighted by Crippen LogP contribution is 2.32. The molecule has 2 aromatic rings. The molecule has 32 heavy (non-hydrogen) atoms. The fourth-order valence-corrected chi connectivity index (χ4v) is 6.36. The Balaban J connectivity index is 1.49. The monoisotopic (exact) mass is 475 g/mol. The molecule has 0 aromatic heterocycles. The molecule has 2 fully saturated rings. The van der Waals surface area contributed by atoms with Crippen LogP contribution in [0.15, 0.2) is 36.4 Å². The predicted octanol–water partition coefficient (Wildman–Crippen LogP) is 3.23. The molecule has 0 bridgehead atoms. The fraction of sp³-hybridized carbons (Fsp3) is 0.391. The first-order valence-electron chi connectivity index (χ1n) is 10.6. The number of benzene rings is 2. The van der Waals surface area contributed by atoms with E-state index in [0.29, 0.717) is 31.7 Å². The van der Waals surface area contributed by atoms with Crippen molar-refractivity contribution in [2.24, 2.45) is 5.92 Å². The van der Waals surface area contributed by atoms with Crippen molar-refractivity contribution < 1.29 is 18.0 Å². The van der Waals surface area contributed by atoms with Crippen LogP contribution in [0.3, 0.4) is 0 Å². The number of nitrogens with zero attached hydrogens (tertiary/aromatic N) is 3. The van der Waals surface area contributed by atoms with Gasteiger partial charge in [-0.25, -0.2) is 12.7 Å². The van der Waals surface area contributed by atoms with Crippen LogP contribution < -0.4 is 9.21 Å². The minimum absolute atomic E-state index is 0.131. The summed E-state index contributed by atoms with van der Waals surface area (Å²) in [7, 11) is -3.72. The highest BCUT2D eigenvalue weighted by molar-refractivity contribution is 7.94. The van der Waals surface area contributed by atoms with Crippen LogP contribution in [0, 0.1) is 19.8 Å². The first kappa shape index (κ1) is 22.6. The van der Waals surface area contributed by atoms with Gasteiger partial charge in [-0.15, -0.1) is 0 Å². The molecule has 2 aromatic carbocycles. The van der Waals surface area contributed by atoms with E-state index >= 15 is 0 Å². The zero-order valence-electron chi connectivity index (χ0n) is 18.3. The Kier molecular flexibility index (Phi) is 5.94. The van der Waals surface area contributed by atoms with Gasteiger partial charge in [0, 0.05) is 31.9 Å². The van der Waals surface area contributed by atoms with E-state index in [1.807, 2.05) is 6.07 Å². The van der Waals surface area contributed by atoms with Gasteiger partial charge in [0.25, 0.3) is 5.91 Å². The van der Waals surface area contributed by atoms with Crippen molar-refractivity contribution in [3.63, 3.8) is 0 Å². The van der Waals surface area contributed by atoms with Crippen molar-refractivity contribution in [2.45, 2.75) is 20.8 Å². The second-order valence-corrected chi connectivity index (χ2v) is 10.7. The van der Waals surface area contributed by atoms with Crippen molar-refractivity contribution >= 4 is 44.8 Å². The van der Waals surface area contributed by atoms with Crippen molar-refractivity contribution in [2.75, 3.05) is 41.1 Å². The van der Waals surface area contributed by atoms with Crippen LogP contribution in [0.4, 0.5) is 11.4 Å². The van der Waals surface area contributed by atoms with Crippen molar-refractivity contribution in [1.82, 2.24) is 4.90 Å². The normalized spacial score (nSPS) is 20.7. The molecule has 2 amide bonds. The molecule has 7 nitrogen and oxygen atoms in total. The predicted molar refractivity (Wildman–Crippen MR) is 126 cm³/mol. The lowest BCUT2D eigenvalue weighted by Crippen LogP contribution is -2.49. The van der Waals surface area contributed by atoms with Gasteiger partial charge < -0.3 is 9.80 Å². The topological polar surface area (TPSA) is 78.0 Å². The van der Waals surface area contributed by atoms with E-state index in [4.69, 9.17) is 11.6 Å². The fourth-order valence-electron chi connectivity index (χ4n) is 4.29. The average molecular weight is 476 g/mol. The zero-order chi connectivity index (χ0) is 23.2. The van der Waals surface area contributed by atoms with Crippen LogP contribution in [0.1, 0.15) is 28.4 Å². The number of carbonyl (C=O) groups excluding carboxylic acids is 2. The van der Waals surface area contributed by atoms with E-state index in [9.17, 15) is 18.0 Å². The van der Waals surface area contributed by atoms with E-state index in [1.54, 1.807) is 11.8 Å². The molecule has 2 aliphatic rings. The van der Waals surface area contributed by atoms with Crippen LogP contribution in [0.5, 0.6) is 0 Å². The number of rotatable bonds is 3. The number of anilines is 2. The van der Waals surface area contributed by atoms with E-state index in [1.165, 1.54) is 35.0 Å². The minimum Gasteiger partial charge on any atom is -0.368 e. The molecule has 9 heteroatoms. The minimum atomic E-state index is -3.72. The molecular weight excluding hydrogens is 450 g/mol. The number of aryl methyl sites for hydroxylation is 1. The second kappa shape index (κ2) is 8.41. The maximum absolute atomic E-state index is 13.1. The molecule has 2 saturated heterocycles. The highest BCUT2D eigenvalue weighted by Gasteiger charge is 2.42. The quantitative estimate of drug-likeness (QED) is 0.681. The molecule has 0 saturated carbocycles. The molecule has 0 aliphatic carbocycles. The van der Waals surface area contributed by atoms with E-state index < -0.39 is 21.8 Å². The summed E-state index contributed by atoms with van der Waals surface area (Å²) >= 11 is 6.37. The molecule has 2 heterocycles. The third-order valence-electron chi connectivity index (χ3n) is 6.26. The van der Waals surface area contributed by atoms with Gasteiger partial charge in [0.15, 0.2) is 0 Å². The van der Waals surface area contributed by atoms with Crippen LogP contribution in [-0.4, -0.2) is 57.1 Å². The average Bonchev–Trinajstić information content (AvgIpc) is 2.96. The SMILES string of the molecule is Cc1cccc(N2CCN(C(=O)c3ccc(N4C(=O)C(C)CS4(=O)=O)cc3Cl)CC2)c1C. The Bertz CT molecular complexity index is 1190. The third kappa shape index (κ3) is 3.97. The lowest BCUT2D eigenvalue weighted by molar-refractivity contribution is -0.119. The smallest absolute Gasteiger partial charge is 0.255 e. The molecule has 1 unspecified atom stereocenters. The summed E-state index contributed by atoms with van der Waals surface area (Å²) < 4.78 is 25.5. The number of sulfonamides is 1. The summed E-state index contributed by atoms with van der Waals surface area (Å²) in [6.07, 6.45) is 0. The number of halogens is 1. The number of hydrogen-bond acceptors (Lipinski definition) is 5. The van der Waals surface area contributed by atoms with Gasteiger partial charge in [0.2, 0.25) is 15.9 Å². The molecule has 0 N–H and O–H groups in total. The first-order chi connectivity index (χ1) is 15.1. The Hall–Kier alpha value is -2.58.